The lowest BCUT2D eigenvalue weighted by Gasteiger charge is -2.34. The Morgan fingerprint density at radius 3 is 2.06 bits per heavy atom. The molecule has 0 aromatic carbocycles. The van der Waals surface area contributed by atoms with Gasteiger partial charge in [0, 0.05) is 39.3 Å². The second kappa shape index (κ2) is 8.97. The third-order valence-corrected chi connectivity index (χ3v) is 3.30. The molecule has 0 spiro atoms. The van der Waals surface area contributed by atoms with E-state index in [4.69, 9.17) is 4.74 Å². The number of hydrogen-bond acceptors (Lipinski definition) is 3. The minimum Gasteiger partial charge on any atom is -0.380 e. The van der Waals surface area contributed by atoms with Gasteiger partial charge < -0.3 is 9.64 Å². The molecule has 0 amide bonds. The van der Waals surface area contributed by atoms with Gasteiger partial charge in [0.25, 0.3) is 0 Å². The molecule has 0 N–H and O–H groups in total. The fraction of sp³-hybridized carbons (Fsp3) is 1.00. The van der Waals surface area contributed by atoms with Crippen LogP contribution in [0.15, 0.2) is 0 Å². The lowest BCUT2D eigenvalue weighted by atomic mass is 10.2. The Balaban J connectivity index is 2.00. The van der Waals surface area contributed by atoms with Gasteiger partial charge in [-0.3, -0.25) is 4.90 Å². The first kappa shape index (κ1) is 13.9. The highest BCUT2D eigenvalue weighted by atomic mass is 16.5. The van der Waals surface area contributed by atoms with E-state index in [2.05, 4.69) is 23.6 Å². The topological polar surface area (TPSA) is 15.7 Å². The van der Waals surface area contributed by atoms with Gasteiger partial charge >= 0.3 is 0 Å². The third-order valence-electron chi connectivity index (χ3n) is 3.30. The highest BCUT2D eigenvalue weighted by Gasteiger charge is 2.15. The van der Waals surface area contributed by atoms with Crippen LogP contribution in [-0.4, -0.2) is 62.3 Å². The van der Waals surface area contributed by atoms with Gasteiger partial charge in [0.05, 0.1) is 6.61 Å². The molecule has 0 atom stereocenters. The molecular weight excluding hydrogens is 200 g/mol. The zero-order chi connectivity index (χ0) is 11.6. The highest BCUT2D eigenvalue weighted by Crippen LogP contribution is 2.04. The van der Waals surface area contributed by atoms with Crippen molar-refractivity contribution in [2.45, 2.75) is 33.1 Å². The number of rotatable bonds is 8. The zero-order valence-electron chi connectivity index (χ0n) is 11.1. The first-order chi connectivity index (χ1) is 7.86. The predicted octanol–water partition coefficient (Wildman–Crippen LogP) is 1.83. The van der Waals surface area contributed by atoms with Crippen molar-refractivity contribution in [2.24, 2.45) is 0 Å². The largest absolute Gasteiger partial charge is 0.380 e. The summed E-state index contributed by atoms with van der Waals surface area (Å²) < 4.78 is 5.39. The number of piperazine rings is 1. The molecule has 3 heteroatoms. The smallest absolute Gasteiger partial charge is 0.0593 e. The average molecular weight is 228 g/mol. The minimum absolute atomic E-state index is 0.844. The zero-order valence-corrected chi connectivity index (χ0v) is 11.1. The predicted molar refractivity (Wildman–Crippen MR) is 68.9 cm³/mol. The minimum atomic E-state index is 0.844. The summed E-state index contributed by atoms with van der Waals surface area (Å²) in [5.74, 6) is 0. The number of ether oxygens (including phenoxy) is 1. The van der Waals surface area contributed by atoms with Crippen molar-refractivity contribution in [3.05, 3.63) is 0 Å². The number of unbranched alkanes of at least 4 members (excludes halogenated alkanes) is 2. The fourth-order valence-corrected chi connectivity index (χ4v) is 2.16. The molecule has 16 heavy (non-hydrogen) atoms. The van der Waals surface area contributed by atoms with E-state index < -0.39 is 0 Å². The molecule has 0 unspecified atom stereocenters. The van der Waals surface area contributed by atoms with Crippen LogP contribution in [0.5, 0.6) is 0 Å². The monoisotopic (exact) mass is 228 g/mol. The van der Waals surface area contributed by atoms with Gasteiger partial charge in [0.2, 0.25) is 0 Å². The van der Waals surface area contributed by atoms with Crippen molar-refractivity contribution in [1.29, 1.82) is 0 Å². The van der Waals surface area contributed by atoms with E-state index in [0.29, 0.717) is 0 Å². The van der Waals surface area contributed by atoms with Gasteiger partial charge in [0.15, 0.2) is 0 Å². The van der Waals surface area contributed by atoms with E-state index in [0.717, 1.165) is 19.8 Å². The van der Waals surface area contributed by atoms with Crippen LogP contribution in [0.2, 0.25) is 0 Å². The maximum absolute atomic E-state index is 5.39. The Kier molecular flexibility index (Phi) is 7.81. The summed E-state index contributed by atoms with van der Waals surface area (Å²) >= 11 is 0. The second-order valence-corrected chi connectivity index (χ2v) is 4.59. The van der Waals surface area contributed by atoms with Crippen molar-refractivity contribution in [3.8, 4) is 0 Å². The van der Waals surface area contributed by atoms with Crippen LogP contribution in [0.25, 0.3) is 0 Å². The molecule has 1 saturated heterocycles. The van der Waals surface area contributed by atoms with Gasteiger partial charge in [-0.1, -0.05) is 19.8 Å². The molecule has 0 aromatic heterocycles. The fourth-order valence-electron chi connectivity index (χ4n) is 2.16. The van der Waals surface area contributed by atoms with E-state index in [1.54, 1.807) is 0 Å². The molecule has 0 aliphatic carbocycles. The van der Waals surface area contributed by atoms with Crippen molar-refractivity contribution >= 4 is 0 Å². The van der Waals surface area contributed by atoms with Crippen LogP contribution < -0.4 is 0 Å². The molecule has 0 saturated carbocycles. The first-order valence-corrected chi connectivity index (χ1v) is 6.89. The van der Waals surface area contributed by atoms with Gasteiger partial charge in [-0.2, -0.15) is 0 Å². The van der Waals surface area contributed by atoms with Gasteiger partial charge in [-0.05, 0) is 19.9 Å². The third kappa shape index (κ3) is 5.83. The van der Waals surface area contributed by atoms with Crippen molar-refractivity contribution in [2.75, 3.05) is 52.5 Å². The summed E-state index contributed by atoms with van der Waals surface area (Å²) in [7, 11) is 0. The van der Waals surface area contributed by atoms with Crippen LogP contribution in [0.4, 0.5) is 0 Å². The maximum atomic E-state index is 5.39. The van der Waals surface area contributed by atoms with Gasteiger partial charge in [-0.25, -0.2) is 0 Å². The maximum Gasteiger partial charge on any atom is 0.0593 e. The molecule has 1 aliphatic heterocycles. The lowest BCUT2D eigenvalue weighted by molar-refractivity contribution is 0.0804. The normalized spacial score (nSPS) is 19.1. The van der Waals surface area contributed by atoms with Crippen LogP contribution in [-0.2, 0) is 4.74 Å². The van der Waals surface area contributed by atoms with E-state index in [9.17, 15) is 0 Å². The summed E-state index contributed by atoms with van der Waals surface area (Å²) in [5, 5.41) is 0. The summed E-state index contributed by atoms with van der Waals surface area (Å²) in [6, 6.07) is 0. The van der Waals surface area contributed by atoms with E-state index in [1.165, 1.54) is 52.0 Å². The SMILES string of the molecule is CCCCCN1CCN(CCOCC)CC1. The highest BCUT2D eigenvalue weighted by molar-refractivity contribution is 4.71. The summed E-state index contributed by atoms with van der Waals surface area (Å²) in [6.45, 7) is 13.4. The average Bonchev–Trinajstić information content (AvgIpc) is 2.32. The molecule has 1 heterocycles. The molecule has 3 nitrogen and oxygen atoms in total. The van der Waals surface area contributed by atoms with Crippen LogP contribution in [0, 0.1) is 0 Å². The first-order valence-electron chi connectivity index (χ1n) is 6.89. The number of hydrogen-bond donors (Lipinski definition) is 0. The quantitative estimate of drug-likeness (QED) is 0.590. The Morgan fingerprint density at radius 2 is 1.50 bits per heavy atom. The Morgan fingerprint density at radius 1 is 0.875 bits per heavy atom. The van der Waals surface area contributed by atoms with Crippen LogP contribution >= 0.6 is 0 Å². The molecule has 1 fully saturated rings. The summed E-state index contributed by atoms with van der Waals surface area (Å²) in [5.41, 5.74) is 0. The van der Waals surface area contributed by atoms with Gasteiger partial charge in [0.1, 0.15) is 0 Å². The Labute approximate surface area is 101 Å². The van der Waals surface area contributed by atoms with Gasteiger partial charge in [-0.15, -0.1) is 0 Å². The number of nitrogens with zero attached hydrogens (tertiary/aromatic N) is 2. The van der Waals surface area contributed by atoms with E-state index >= 15 is 0 Å². The summed E-state index contributed by atoms with van der Waals surface area (Å²) in [6.07, 6.45) is 4.08. The molecule has 0 bridgehead atoms. The van der Waals surface area contributed by atoms with Crippen molar-refractivity contribution in [3.63, 3.8) is 0 Å². The lowest BCUT2D eigenvalue weighted by Crippen LogP contribution is -2.47. The van der Waals surface area contributed by atoms with E-state index in [-0.39, 0.29) is 0 Å². The molecular formula is C13H28N2O. The van der Waals surface area contributed by atoms with Crippen LogP contribution in [0.3, 0.4) is 0 Å². The van der Waals surface area contributed by atoms with Crippen LogP contribution in [0.1, 0.15) is 33.1 Å². The Bertz CT molecular complexity index is 138. The standard InChI is InChI=1S/C13H28N2O/c1-3-5-6-7-14-8-10-15(11-9-14)12-13-16-4-2/h3-13H2,1-2H3. The molecule has 0 aromatic rings. The van der Waals surface area contributed by atoms with Crippen molar-refractivity contribution < 1.29 is 4.74 Å². The molecule has 0 radical (unpaired) electrons. The molecule has 1 rings (SSSR count). The van der Waals surface area contributed by atoms with E-state index in [1.807, 2.05) is 0 Å². The molecule has 1 aliphatic rings. The molecule has 96 valence electrons. The Hall–Kier alpha value is -0.120. The summed E-state index contributed by atoms with van der Waals surface area (Å²) in [4.78, 5) is 5.12. The second-order valence-electron chi connectivity index (χ2n) is 4.59. The van der Waals surface area contributed by atoms with Crippen molar-refractivity contribution in [1.82, 2.24) is 9.80 Å².